The molecule has 1 aliphatic rings. The van der Waals surface area contributed by atoms with Crippen LogP contribution in [0.4, 0.5) is 26.3 Å². The lowest BCUT2D eigenvalue weighted by Gasteiger charge is -2.22. The van der Waals surface area contributed by atoms with Crippen LogP contribution < -0.4 is 5.32 Å². The number of carbonyl (C=O) groups excluding carboxylic acids is 1. The highest BCUT2D eigenvalue weighted by Gasteiger charge is 2.39. The number of aromatic nitrogens is 3. The number of carbonyl (C=O) groups is 1. The average Bonchev–Trinajstić information content (AvgIpc) is 3.30. The van der Waals surface area contributed by atoms with Crippen LogP contribution in [0.3, 0.4) is 0 Å². The van der Waals surface area contributed by atoms with Gasteiger partial charge in [0, 0.05) is 34.7 Å². The van der Waals surface area contributed by atoms with Crippen LogP contribution in [0.15, 0.2) is 59.1 Å². The van der Waals surface area contributed by atoms with E-state index < -0.39 is 47.9 Å². The SMILES string of the molecule is C=N/C(F)=C(C)\C=C(/C)c1cccnc1[C@H](Cc1cc(F)cc(F)c1)NC(=O)Cn1nc(C(F)(F)F)c2c1CCCC2. The number of fused-ring (bicyclic) bond motifs is 1. The first-order valence-electron chi connectivity index (χ1n) is 13.2. The van der Waals surface area contributed by atoms with E-state index in [0.717, 1.165) is 16.8 Å². The Morgan fingerprint density at radius 3 is 2.52 bits per heavy atom. The van der Waals surface area contributed by atoms with Gasteiger partial charge in [0.1, 0.15) is 18.2 Å². The van der Waals surface area contributed by atoms with E-state index in [1.807, 2.05) is 0 Å². The number of nitrogens with zero attached hydrogens (tertiary/aromatic N) is 4. The zero-order valence-corrected chi connectivity index (χ0v) is 23.0. The number of aliphatic imine (C=N–C) groups is 1. The molecule has 0 bridgehead atoms. The minimum atomic E-state index is -4.66. The van der Waals surface area contributed by atoms with Crippen LogP contribution in [0.2, 0.25) is 0 Å². The molecule has 222 valence electrons. The summed E-state index contributed by atoms with van der Waals surface area (Å²) in [4.78, 5) is 21.0. The maximum Gasteiger partial charge on any atom is 0.435 e. The van der Waals surface area contributed by atoms with Crippen molar-refractivity contribution in [1.82, 2.24) is 20.1 Å². The van der Waals surface area contributed by atoms with Gasteiger partial charge in [-0.25, -0.2) is 13.8 Å². The molecular formula is C30H29F6N5O. The van der Waals surface area contributed by atoms with E-state index in [-0.39, 0.29) is 29.5 Å². The topological polar surface area (TPSA) is 72.2 Å². The van der Waals surface area contributed by atoms with Gasteiger partial charge < -0.3 is 5.32 Å². The maximum atomic E-state index is 14.0. The lowest BCUT2D eigenvalue weighted by Crippen LogP contribution is -2.34. The predicted octanol–water partition coefficient (Wildman–Crippen LogP) is 6.86. The third-order valence-electron chi connectivity index (χ3n) is 7.01. The van der Waals surface area contributed by atoms with Crippen LogP contribution in [0.25, 0.3) is 5.57 Å². The molecule has 12 heteroatoms. The Labute approximate surface area is 238 Å². The summed E-state index contributed by atoms with van der Waals surface area (Å²) in [5.74, 6) is -3.08. The lowest BCUT2D eigenvalue weighted by molar-refractivity contribution is -0.142. The molecule has 0 saturated heterocycles. The molecule has 1 N–H and O–H groups in total. The summed E-state index contributed by atoms with van der Waals surface area (Å²) in [5.41, 5.74) is 1.24. The van der Waals surface area contributed by atoms with Gasteiger partial charge in [-0.15, -0.1) is 0 Å². The smallest absolute Gasteiger partial charge is 0.346 e. The molecule has 0 fully saturated rings. The summed E-state index contributed by atoms with van der Waals surface area (Å²) < 4.78 is 84.1. The molecule has 4 rings (SSSR count). The summed E-state index contributed by atoms with van der Waals surface area (Å²) in [6.07, 6.45) is 0.0626. The molecule has 0 radical (unpaired) electrons. The molecule has 0 unspecified atom stereocenters. The third kappa shape index (κ3) is 7.15. The first-order valence-corrected chi connectivity index (χ1v) is 13.2. The Hall–Kier alpha value is -4.22. The molecule has 0 aliphatic heterocycles. The molecule has 1 aliphatic carbocycles. The summed E-state index contributed by atoms with van der Waals surface area (Å²) in [6.45, 7) is 5.86. The zero-order chi connectivity index (χ0) is 30.6. The fraction of sp³-hybridized carbons (Fsp3) is 0.333. The first-order chi connectivity index (χ1) is 19.9. The molecule has 1 atom stereocenters. The molecule has 0 spiro atoms. The molecule has 1 aromatic carbocycles. The van der Waals surface area contributed by atoms with E-state index in [2.05, 4.69) is 27.1 Å². The standard InChI is InChI=1S/C30H29F6N5O/c1-17(11-18(2)29(33)37-3)22-8-6-10-38-27(22)24(14-19-12-20(31)15-21(32)13-19)39-26(42)16-41-25-9-5-4-7-23(25)28(40-41)30(34,35)36/h6,8,10-13,15,24H,3-5,7,9,14,16H2,1-2H3,(H,39,42)/b17-11+,29-18-/t24-/m0/s1. The van der Waals surface area contributed by atoms with Crippen LogP contribution in [-0.2, 0) is 36.8 Å². The number of halogens is 6. The van der Waals surface area contributed by atoms with Crippen molar-refractivity contribution in [3.63, 3.8) is 0 Å². The monoisotopic (exact) mass is 589 g/mol. The molecule has 2 heterocycles. The van der Waals surface area contributed by atoms with Crippen molar-refractivity contribution in [2.45, 2.75) is 64.7 Å². The molecule has 42 heavy (non-hydrogen) atoms. The van der Waals surface area contributed by atoms with E-state index in [9.17, 15) is 31.1 Å². The molecule has 1 amide bonds. The van der Waals surface area contributed by atoms with Gasteiger partial charge in [0.15, 0.2) is 5.69 Å². The normalized spacial score (nSPS) is 15.1. The lowest BCUT2D eigenvalue weighted by atomic mass is 9.95. The molecule has 3 aromatic rings. The maximum absolute atomic E-state index is 14.0. The summed E-state index contributed by atoms with van der Waals surface area (Å²) >= 11 is 0. The van der Waals surface area contributed by atoms with Gasteiger partial charge in [0.2, 0.25) is 11.9 Å². The van der Waals surface area contributed by atoms with Crippen LogP contribution >= 0.6 is 0 Å². The number of alkyl halides is 3. The van der Waals surface area contributed by atoms with Crippen LogP contribution in [0.1, 0.15) is 66.5 Å². The van der Waals surface area contributed by atoms with Crippen LogP contribution in [-0.4, -0.2) is 27.4 Å². The Bertz CT molecular complexity index is 1540. The van der Waals surface area contributed by atoms with Gasteiger partial charge in [-0.05, 0) is 82.0 Å². The van der Waals surface area contributed by atoms with E-state index in [4.69, 9.17) is 0 Å². The number of amides is 1. The van der Waals surface area contributed by atoms with E-state index in [0.29, 0.717) is 47.9 Å². The van der Waals surface area contributed by atoms with Crippen LogP contribution in [0.5, 0.6) is 0 Å². The molecule has 6 nitrogen and oxygen atoms in total. The fourth-order valence-corrected chi connectivity index (χ4v) is 5.20. The number of hydrogen-bond donors (Lipinski definition) is 1. The Morgan fingerprint density at radius 1 is 1.17 bits per heavy atom. The van der Waals surface area contributed by atoms with Crippen molar-refractivity contribution >= 4 is 18.2 Å². The number of hydrogen-bond acceptors (Lipinski definition) is 4. The van der Waals surface area contributed by atoms with E-state index in [1.54, 1.807) is 19.1 Å². The van der Waals surface area contributed by atoms with E-state index in [1.165, 1.54) is 19.2 Å². The quantitative estimate of drug-likeness (QED) is 0.128. The summed E-state index contributed by atoms with van der Waals surface area (Å²) in [5, 5.41) is 6.52. The highest BCUT2D eigenvalue weighted by molar-refractivity contribution is 5.77. The largest absolute Gasteiger partial charge is 0.435 e. The zero-order valence-electron chi connectivity index (χ0n) is 23.0. The van der Waals surface area contributed by atoms with Gasteiger partial charge >= 0.3 is 6.18 Å². The van der Waals surface area contributed by atoms with Crippen molar-refractivity contribution in [2.75, 3.05) is 0 Å². The average molecular weight is 590 g/mol. The molecule has 0 saturated carbocycles. The third-order valence-corrected chi connectivity index (χ3v) is 7.01. The fourth-order valence-electron chi connectivity index (χ4n) is 5.20. The van der Waals surface area contributed by atoms with E-state index >= 15 is 0 Å². The number of rotatable bonds is 9. The number of pyridine rings is 1. The Kier molecular flexibility index (Phi) is 9.33. The first kappa shape index (κ1) is 30.7. The van der Waals surface area contributed by atoms with Crippen molar-refractivity contribution in [2.24, 2.45) is 4.99 Å². The second-order valence-electron chi connectivity index (χ2n) is 10.1. The van der Waals surface area contributed by atoms with Crippen LogP contribution in [0, 0.1) is 11.6 Å². The predicted molar refractivity (Wildman–Crippen MR) is 146 cm³/mol. The second-order valence-corrected chi connectivity index (χ2v) is 10.1. The summed E-state index contributed by atoms with van der Waals surface area (Å²) in [7, 11) is 0. The highest BCUT2D eigenvalue weighted by atomic mass is 19.4. The van der Waals surface area contributed by atoms with Gasteiger partial charge in [-0.1, -0.05) is 12.1 Å². The Morgan fingerprint density at radius 2 is 1.86 bits per heavy atom. The molecular weight excluding hydrogens is 560 g/mol. The number of nitrogens with one attached hydrogen (secondary N) is 1. The Balaban J connectivity index is 1.71. The van der Waals surface area contributed by atoms with Crippen molar-refractivity contribution in [3.05, 3.63) is 99.5 Å². The highest BCUT2D eigenvalue weighted by Crippen LogP contribution is 2.36. The molecule has 2 aromatic heterocycles. The minimum Gasteiger partial charge on any atom is -0.346 e. The van der Waals surface area contributed by atoms with Gasteiger partial charge in [-0.2, -0.15) is 22.7 Å². The number of allylic oxidation sites excluding steroid dienone is 3. The summed E-state index contributed by atoms with van der Waals surface area (Å²) in [6, 6.07) is 5.30. The number of benzene rings is 1. The minimum absolute atomic E-state index is 0.0971. The second kappa shape index (κ2) is 12.7. The van der Waals surface area contributed by atoms with Crippen molar-refractivity contribution in [1.29, 1.82) is 0 Å². The van der Waals surface area contributed by atoms with Crippen molar-refractivity contribution in [3.8, 4) is 0 Å². The van der Waals surface area contributed by atoms with Gasteiger partial charge in [0.25, 0.3) is 0 Å². The van der Waals surface area contributed by atoms with Crippen molar-refractivity contribution < 1.29 is 31.1 Å². The van der Waals surface area contributed by atoms with Gasteiger partial charge in [0.05, 0.1) is 11.7 Å². The van der Waals surface area contributed by atoms with Gasteiger partial charge in [-0.3, -0.25) is 14.5 Å².